The highest BCUT2D eigenvalue weighted by Gasteiger charge is 2.30. The van der Waals surface area contributed by atoms with Crippen LogP contribution >= 0.6 is 0 Å². The molecule has 0 aliphatic rings. The van der Waals surface area contributed by atoms with E-state index in [1.165, 1.54) is 0 Å². The average molecular weight is 234 g/mol. The van der Waals surface area contributed by atoms with Crippen LogP contribution < -0.4 is 5.32 Å². The second-order valence-electron chi connectivity index (χ2n) is 3.49. The molecule has 1 aromatic heterocycles. The smallest absolute Gasteiger partial charge is 0.396 e. The SMILES string of the molecule is CC(CCO)Nc1cc(C(F)(F)F)ccn1. The standard InChI is InChI=1S/C10H13F3N2O/c1-7(3-5-16)15-9-6-8(2-4-14-9)10(11,12)13/h2,4,6-7,16H,3,5H2,1H3,(H,14,15). The van der Waals surface area contributed by atoms with Crippen LogP contribution in [-0.4, -0.2) is 22.7 Å². The Morgan fingerprint density at radius 3 is 2.75 bits per heavy atom. The molecule has 3 nitrogen and oxygen atoms in total. The molecule has 0 aliphatic heterocycles. The third-order valence-corrected chi connectivity index (χ3v) is 2.04. The molecule has 0 bridgehead atoms. The molecular weight excluding hydrogens is 221 g/mol. The molecule has 0 radical (unpaired) electrons. The highest BCUT2D eigenvalue weighted by molar-refractivity contribution is 5.39. The van der Waals surface area contributed by atoms with E-state index in [4.69, 9.17) is 5.11 Å². The Hall–Kier alpha value is -1.30. The van der Waals surface area contributed by atoms with E-state index in [0.29, 0.717) is 6.42 Å². The third kappa shape index (κ3) is 3.69. The van der Waals surface area contributed by atoms with Crippen LogP contribution in [0.2, 0.25) is 0 Å². The van der Waals surface area contributed by atoms with Gasteiger partial charge in [-0.2, -0.15) is 13.2 Å². The van der Waals surface area contributed by atoms with Gasteiger partial charge in [0.05, 0.1) is 5.56 Å². The molecule has 0 fully saturated rings. The monoisotopic (exact) mass is 234 g/mol. The molecule has 1 atom stereocenters. The molecule has 6 heteroatoms. The van der Waals surface area contributed by atoms with Gasteiger partial charge in [0.15, 0.2) is 0 Å². The summed E-state index contributed by atoms with van der Waals surface area (Å²) in [4.78, 5) is 3.78. The number of pyridine rings is 1. The van der Waals surface area contributed by atoms with E-state index in [1.54, 1.807) is 6.92 Å². The van der Waals surface area contributed by atoms with Gasteiger partial charge in [-0.15, -0.1) is 0 Å². The fourth-order valence-electron chi connectivity index (χ4n) is 1.20. The zero-order chi connectivity index (χ0) is 12.2. The Morgan fingerprint density at radius 1 is 1.50 bits per heavy atom. The lowest BCUT2D eigenvalue weighted by Gasteiger charge is -2.14. The maximum absolute atomic E-state index is 12.4. The minimum absolute atomic E-state index is 0.0207. The van der Waals surface area contributed by atoms with Crippen molar-refractivity contribution in [1.29, 1.82) is 0 Å². The van der Waals surface area contributed by atoms with Crippen molar-refractivity contribution in [2.75, 3.05) is 11.9 Å². The van der Waals surface area contributed by atoms with Gasteiger partial charge in [0.1, 0.15) is 5.82 Å². The number of aliphatic hydroxyl groups excluding tert-OH is 1. The number of anilines is 1. The normalized spacial score (nSPS) is 13.6. The quantitative estimate of drug-likeness (QED) is 0.840. The summed E-state index contributed by atoms with van der Waals surface area (Å²) in [6, 6.07) is 1.75. The van der Waals surface area contributed by atoms with Crippen molar-refractivity contribution < 1.29 is 18.3 Å². The lowest BCUT2D eigenvalue weighted by atomic mass is 10.2. The van der Waals surface area contributed by atoms with Crippen LogP contribution in [0.5, 0.6) is 0 Å². The van der Waals surface area contributed by atoms with Crippen LogP contribution in [0.1, 0.15) is 18.9 Å². The Morgan fingerprint density at radius 2 is 2.19 bits per heavy atom. The van der Waals surface area contributed by atoms with Crippen molar-refractivity contribution in [3.63, 3.8) is 0 Å². The number of aliphatic hydroxyl groups is 1. The van der Waals surface area contributed by atoms with Crippen LogP contribution in [-0.2, 0) is 6.18 Å². The van der Waals surface area contributed by atoms with Crippen molar-refractivity contribution in [2.45, 2.75) is 25.6 Å². The summed E-state index contributed by atoms with van der Waals surface area (Å²) < 4.78 is 37.1. The summed E-state index contributed by atoms with van der Waals surface area (Å²) >= 11 is 0. The zero-order valence-corrected chi connectivity index (χ0v) is 8.75. The molecule has 0 aromatic carbocycles. The first kappa shape index (κ1) is 12.8. The summed E-state index contributed by atoms with van der Waals surface area (Å²) in [7, 11) is 0. The van der Waals surface area contributed by atoms with Crippen LogP contribution in [0.4, 0.5) is 19.0 Å². The van der Waals surface area contributed by atoms with Crippen LogP contribution in [0.3, 0.4) is 0 Å². The summed E-state index contributed by atoms with van der Waals surface area (Å²) in [5.41, 5.74) is -0.735. The van der Waals surface area contributed by atoms with E-state index in [1.807, 2.05) is 0 Å². The summed E-state index contributed by atoms with van der Waals surface area (Å²) in [6.07, 6.45) is -2.80. The van der Waals surface area contributed by atoms with Crippen molar-refractivity contribution in [1.82, 2.24) is 4.98 Å². The van der Waals surface area contributed by atoms with Crippen molar-refractivity contribution in [3.05, 3.63) is 23.9 Å². The summed E-state index contributed by atoms with van der Waals surface area (Å²) in [5, 5.41) is 11.4. The highest BCUT2D eigenvalue weighted by atomic mass is 19.4. The minimum Gasteiger partial charge on any atom is -0.396 e. The van der Waals surface area contributed by atoms with E-state index in [-0.39, 0.29) is 18.5 Å². The number of hydrogen-bond donors (Lipinski definition) is 2. The summed E-state index contributed by atoms with van der Waals surface area (Å²) in [6.45, 7) is 1.74. The molecule has 0 saturated heterocycles. The predicted molar refractivity (Wildman–Crippen MR) is 54.0 cm³/mol. The molecule has 0 amide bonds. The van der Waals surface area contributed by atoms with Gasteiger partial charge in [-0.1, -0.05) is 0 Å². The minimum atomic E-state index is -4.36. The largest absolute Gasteiger partial charge is 0.416 e. The van der Waals surface area contributed by atoms with Gasteiger partial charge >= 0.3 is 6.18 Å². The first-order valence-electron chi connectivity index (χ1n) is 4.84. The van der Waals surface area contributed by atoms with Crippen molar-refractivity contribution in [2.24, 2.45) is 0 Å². The molecular formula is C10H13F3N2O. The Labute approximate surface area is 91.3 Å². The van der Waals surface area contributed by atoms with Gasteiger partial charge < -0.3 is 10.4 Å². The number of rotatable bonds is 4. The van der Waals surface area contributed by atoms with E-state index in [0.717, 1.165) is 18.3 Å². The third-order valence-electron chi connectivity index (χ3n) is 2.04. The second-order valence-corrected chi connectivity index (χ2v) is 3.49. The first-order valence-corrected chi connectivity index (χ1v) is 4.84. The maximum Gasteiger partial charge on any atom is 0.416 e. The molecule has 1 heterocycles. The molecule has 0 saturated carbocycles. The highest BCUT2D eigenvalue weighted by Crippen LogP contribution is 2.29. The molecule has 16 heavy (non-hydrogen) atoms. The van der Waals surface area contributed by atoms with Crippen molar-refractivity contribution >= 4 is 5.82 Å². The zero-order valence-electron chi connectivity index (χ0n) is 8.75. The molecule has 0 spiro atoms. The van der Waals surface area contributed by atoms with Gasteiger partial charge in [-0.3, -0.25) is 0 Å². The van der Waals surface area contributed by atoms with Gasteiger partial charge in [-0.25, -0.2) is 4.98 Å². The fraction of sp³-hybridized carbons (Fsp3) is 0.500. The van der Waals surface area contributed by atoms with E-state index >= 15 is 0 Å². The van der Waals surface area contributed by atoms with Gasteiger partial charge in [0, 0.05) is 18.8 Å². The lowest BCUT2D eigenvalue weighted by Crippen LogP contribution is -2.18. The number of nitrogens with one attached hydrogen (secondary N) is 1. The average Bonchev–Trinajstić information content (AvgIpc) is 2.17. The molecule has 1 unspecified atom stereocenters. The molecule has 90 valence electrons. The Kier molecular flexibility index (Phi) is 4.12. The van der Waals surface area contributed by atoms with E-state index in [9.17, 15) is 13.2 Å². The van der Waals surface area contributed by atoms with Crippen molar-refractivity contribution in [3.8, 4) is 0 Å². The van der Waals surface area contributed by atoms with E-state index in [2.05, 4.69) is 10.3 Å². The first-order chi connectivity index (χ1) is 7.43. The van der Waals surface area contributed by atoms with Crippen LogP contribution in [0, 0.1) is 0 Å². The topological polar surface area (TPSA) is 45.1 Å². The van der Waals surface area contributed by atoms with Gasteiger partial charge in [0.25, 0.3) is 0 Å². The fourth-order valence-corrected chi connectivity index (χ4v) is 1.20. The Bertz CT molecular complexity index is 341. The molecule has 1 rings (SSSR count). The van der Waals surface area contributed by atoms with Crippen LogP contribution in [0.25, 0.3) is 0 Å². The predicted octanol–water partition coefficient (Wildman–Crippen LogP) is 2.28. The van der Waals surface area contributed by atoms with Gasteiger partial charge in [-0.05, 0) is 25.5 Å². The Balaban J connectivity index is 2.75. The maximum atomic E-state index is 12.4. The molecule has 2 N–H and O–H groups in total. The molecule has 0 aliphatic carbocycles. The number of hydrogen-bond acceptors (Lipinski definition) is 3. The summed E-state index contributed by atoms with van der Waals surface area (Å²) in [5.74, 6) is 0.163. The van der Waals surface area contributed by atoms with Crippen LogP contribution in [0.15, 0.2) is 18.3 Å². The van der Waals surface area contributed by atoms with Gasteiger partial charge in [0.2, 0.25) is 0 Å². The number of alkyl halides is 3. The lowest BCUT2D eigenvalue weighted by molar-refractivity contribution is -0.137. The second kappa shape index (κ2) is 5.16. The molecule has 1 aromatic rings. The number of nitrogens with zero attached hydrogens (tertiary/aromatic N) is 1. The number of halogens is 3. The van der Waals surface area contributed by atoms with E-state index < -0.39 is 11.7 Å². The number of aromatic nitrogens is 1.